The Labute approximate surface area is 86.8 Å². The molecule has 0 aliphatic rings. The zero-order valence-corrected chi connectivity index (χ0v) is 8.88. The fraction of sp³-hybridized carbons (Fsp3) is 0.273. The molecule has 1 N–H and O–H groups in total. The van der Waals surface area contributed by atoms with Crippen molar-refractivity contribution in [2.75, 3.05) is 0 Å². The Morgan fingerprint density at radius 1 is 1.27 bits per heavy atom. The molecular formula is C11H13F2NO. The molecule has 0 radical (unpaired) electrons. The smallest absolute Gasteiger partial charge is 0.174 e. The number of phenols is 1. The van der Waals surface area contributed by atoms with Gasteiger partial charge in [0.25, 0.3) is 0 Å². The van der Waals surface area contributed by atoms with E-state index in [0.29, 0.717) is 0 Å². The predicted octanol–water partition coefficient (Wildman–Crippen LogP) is 3.19. The molecule has 0 saturated carbocycles. The molecule has 4 heteroatoms. The molecule has 2 nitrogen and oxygen atoms in total. The number of halogens is 2. The van der Waals surface area contributed by atoms with E-state index in [9.17, 15) is 8.78 Å². The molecule has 0 saturated heterocycles. The Bertz CT molecular complexity index is 477. The number of hydrogen-bond donors (Lipinski definition) is 1. The monoisotopic (exact) mass is 213 g/mol. The third-order valence-electron chi connectivity index (χ3n) is 2.02. The highest BCUT2D eigenvalue weighted by atomic mass is 19.1. The van der Waals surface area contributed by atoms with Crippen molar-refractivity contribution in [3.63, 3.8) is 0 Å². The first-order chi connectivity index (χ1) is 7.11. The summed E-state index contributed by atoms with van der Waals surface area (Å²) in [6.45, 7) is 4.00. The molecular weight excluding hydrogens is 200 g/mol. The van der Waals surface area contributed by atoms with Gasteiger partial charge in [0.2, 0.25) is 0 Å². The van der Waals surface area contributed by atoms with E-state index in [1.165, 1.54) is 16.8 Å². The van der Waals surface area contributed by atoms with Crippen molar-refractivity contribution >= 4 is 10.9 Å². The zero-order valence-electron chi connectivity index (χ0n) is 8.88. The van der Waals surface area contributed by atoms with Gasteiger partial charge in [-0.2, -0.15) is 0 Å². The maximum absolute atomic E-state index is 13.2. The van der Waals surface area contributed by atoms with Gasteiger partial charge < -0.3 is 9.67 Å². The number of fused-ring (bicyclic) bond motifs is 1. The molecule has 0 unspecified atom stereocenters. The first-order valence-corrected chi connectivity index (χ1v) is 4.73. The van der Waals surface area contributed by atoms with Crippen molar-refractivity contribution in [3.05, 3.63) is 30.0 Å². The summed E-state index contributed by atoms with van der Waals surface area (Å²) in [7, 11) is 1.61. The second-order valence-electron chi connectivity index (χ2n) is 2.88. The van der Waals surface area contributed by atoms with E-state index < -0.39 is 17.4 Å². The normalized spacial score (nSPS) is 9.93. The van der Waals surface area contributed by atoms with E-state index in [1.807, 2.05) is 13.8 Å². The lowest BCUT2D eigenvalue weighted by Crippen LogP contribution is -1.90. The van der Waals surface area contributed by atoms with Crippen LogP contribution >= 0.6 is 0 Å². The van der Waals surface area contributed by atoms with Gasteiger partial charge in [-0.15, -0.1) is 0 Å². The lowest BCUT2D eigenvalue weighted by atomic mass is 10.2. The predicted molar refractivity (Wildman–Crippen MR) is 55.8 cm³/mol. The van der Waals surface area contributed by atoms with Crippen LogP contribution in [0.3, 0.4) is 0 Å². The Balaban J connectivity index is 0.000000531. The van der Waals surface area contributed by atoms with E-state index >= 15 is 0 Å². The van der Waals surface area contributed by atoms with E-state index in [-0.39, 0.29) is 10.9 Å². The highest BCUT2D eigenvalue weighted by molar-refractivity contribution is 5.83. The number of hydrogen-bond acceptors (Lipinski definition) is 1. The second-order valence-corrected chi connectivity index (χ2v) is 2.88. The summed E-state index contributed by atoms with van der Waals surface area (Å²) in [5.41, 5.74) is 0.162. The Morgan fingerprint density at radius 3 is 2.47 bits per heavy atom. The maximum atomic E-state index is 13.2. The minimum atomic E-state index is -0.781. The first kappa shape index (κ1) is 11.5. The third-order valence-corrected chi connectivity index (χ3v) is 2.02. The quantitative estimate of drug-likeness (QED) is 0.714. The molecule has 0 spiro atoms. The Kier molecular flexibility index (Phi) is 3.29. The van der Waals surface area contributed by atoms with Gasteiger partial charge in [0, 0.05) is 24.7 Å². The van der Waals surface area contributed by atoms with Gasteiger partial charge in [-0.25, -0.2) is 8.78 Å². The third kappa shape index (κ3) is 1.79. The topological polar surface area (TPSA) is 25.2 Å². The Hall–Kier alpha value is -1.58. The summed E-state index contributed by atoms with van der Waals surface area (Å²) in [5.74, 6) is -2.06. The molecule has 0 amide bonds. The minimum absolute atomic E-state index is 0.0972. The summed E-state index contributed by atoms with van der Waals surface area (Å²) in [6, 6.07) is 2.20. The van der Waals surface area contributed by atoms with Gasteiger partial charge >= 0.3 is 0 Å². The molecule has 0 aliphatic heterocycles. The number of phenolic OH excluding ortho intramolecular Hbond substituents is 1. The molecule has 2 rings (SSSR count). The van der Waals surface area contributed by atoms with Crippen LogP contribution in [0.2, 0.25) is 0 Å². The van der Waals surface area contributed by atoms with Crippen molar-refractivity contribution in [1.82, 2.24) is 4.57 Å². The molecule has 0 bridgehead atoms. The number of benzene rings is 1. The highest BCUT2D eigenvalue weighted by Crippen LogP contribution is 2.28. The van der Waals surface area contributed by atoms with Crippen LogP contribution in [-0.2, 0) is 7.05 Å². The van der Waals surface area contributed by atoms with Crippen molar-refractivity contribution in [3.8, 4) is 5.75 Å². The average molecular weight is 213 g/mol. The van der Waals surface area contributed by atoms with Crippen molar-refractivity contribution < 1.29 is 13.9 Å². The van der Waals surface area contributed by atoms with Gasteiger partial charge in [-0.05, 0) is 6.07 Å². The van der Waals surface area contributed by atoms with Crippen LogP contribution in [0.25, 0.3) is 10.9 Å². The maximum Gasteiger partial charge on any atom is 0.174 e. The van der Waals surface area contributed by atoms with Crippen LogP contribution in [-0.4, -0.2) is 9.67 Å². The molecule has 2 aromatic rings. The zero-order chi connectivity index (χ0) is 11.6. The fourth-order valence-electron chi connectivity index (χ4n) is 1.39. The molecule has 1 aromatic carbocycles. The van der Waals surface area contributed by atoms with Crippen LogP contribution in [0.15, 0.2) is 18.3 Å². The van der Waals surface area contributed by atoms with Crippen LogP contribution in [0.5, 0.6) is 5.75 Å². The molecule has 15 heavy (non-hydrogen) atoms. The summed E-state index contributed by atoms with van der Waals surface area (Å²) in [4.78, 5) is 0. The summed E-state index contributed by atoms with van der Waals surface area (Å²) in [6.07, 6.45) is 1.54. The van der Waals surface area contributed by atoms with Crippen LogP contribution in [0.1, 0.15) is 13.8 Å². The van der Waals surface area contributed by atoms with Crippen LogP contribution in [0.4, 0.5) is 8.78 Å². The number of rotatable bonds is 0. The molecule has 82 valence electrons. The van der Waals surface area contributed by atoms with Crippen molar-refractivity contribution in [1.29, 1.82) is 0 Å². The van der Waals surface area contributed by atoms with Gasteiger partial charge in [0.05, 0.1) is 5.52 Å². The highest BCUT2D eigenvalue weighted by Gasteiger charge is 2.13. The van der Waals surface area contributed by atoms with E-state index in [2.05, 4.69) is 0 Å². The van der Waals surface area contributed by atoms with Gasteiger partial charge in [-0.3, -0.25) is 0 Å². The average Bonchev–Trinajstić information content (AvgIpc) is 2.61. The molecule has 1 aromatic heterocycles. The lowest BCUT2D eigenvalue weighted by molar-refractivity contribution is 0.431. The van der Waals surface area contributed by atoms with Crippen LogP contribution < -0.4 is 0 Å². The molecule has 0 aliphatic carbocycles. The number of aryl methyl sites for hydroxylation is 1. The van der Waals surface area contributed by atoms with Gasteiger partial charge in [0.15, 0.2) is 17.4 Å². The number of aromatic nitrogens is 1. The second kappa shape index (κ2) is 4.29. The van der Waals surface area contributed by atoms with Gasteiger partial charge in [0.1, 0.15) is 0 Å². The fourth-order valence-corrected chi connectivity index (χ4v) is 1.39. The standard InChI is InChI=1S/C9H7F2NO.C2H6/c1-12-3-2-5-8(11)7(13)4-6(10)9(5)12;1-2/h2-4,13H,1H3;1-2H3. The van der Waals surface area contributed by atoms with Crippen molar-refractivity contribution in [2.24, 2.45) is 7.05 Å². The van der Waals surface area contributed by atoms with Gasteiger partial charge in [-0.1, -0.05) is 13.8 Å². The SMILES string of the molecule is CC.Cn1ccc2c(F)c(O)cc(F)c21. The van der Waals surface area contributed by atoms with E-state index in [4.69, 9.17) is 5.11 Å². The summed E-state index contributed by atoms with van der Waals surface area (Å²) < 4.78 is 27.8. The van der Waals surface area contributed by atoms with Crippen LogP contribution in [0, 0.1) is 11.6 Å². The van der Waals surface area contributed by atoms with Crippen molar-refractivity contribution in [2.45, 2.75) is 13.8 Å². The Morgan fingerprint density at radius 2 is 1.87 bits per heavy atom. The summed E-state index contributed by atoms with van der Waals surface area (Å²) >= 11 is 0. The molecule has 0 atom stereocenters. The molecule has 1 heterocycles. The largest absolute Gasteiger partial charge is 0.505 e. The number of aromatic hydroxyl groups is 1. The van der Waals surface area contributed by atoms with E-state index in [1.54, 1.807) is 7.05 Å². The van der Waals surface area contributed by atoms with E-state index in [0.717, 1.165) is 6.07 Å². The first-order valence-electron chi connectivity index (χ1n) is 4.73. The minimum Gasteiger partial charge on any atom is -0.505 e. The number of nitrogens with zero attached hydrogens (tertiary/aromatic N) is 1. The lowest BCUT2D eigenvalue weighted by Gasteiger charge is -2.00. The molecule has 0 fully saturated rings. The summed E-state index contributed by atoms with van der Waals surface area (Å²) in [5, 5.41) is 9.08.